The lowest BCUT2D eigenvalue weighted by Gasteiger charge is -2.17. The number of ether oxygens (including phenoxy) is 1. The first-order chi connectivity index (χ1) is 12.0. The van der Waals surface area contributed by atoms with Crippen molar-refractivity contribution < 1.29 is 36.2 Å². The summed E-state index contributed by atoms with van der Waals surface area (Å²) in [5.41, 5.74) is -5.47. The van der Waals surface area contributed by atoms with Crippen LogP contribution in [0.25, 0.3) is 0 Å². The van der Waals surface area contributed by atoms with Crippen LogP contribution in [0.15, 0.2) is 35.2 Å². The summed E-state index contributed by atoms with van der Waals surface area (Å²) in [6.45, 7) is 0. The fraction of sp³-hybridized carbons (Fsp3) is 0.250. The van der Waals surface area contributed by atoms with E-state index in [0.29, 0.717) is 0 Å². The number of benzene rings is 2. The molecule has 3 rings (SSSR count). The van der Waals surface area contributed by atoms with Crippen molar-refractivity contribution >= 4 is 23.4 Å². The first kappa shape index (κ1) is 19.2. The molecule has 1 atom stereocenters. The molecule has 1 aliphatic carbocycles. The van der Waals surface area contributed by atoms with Gasteiger partial charge in [-0.3, -0.25) is 0 Å². The molecule has 2 aromatic carbocycles. The Morgan fingerprint density at radius 3 is 2.50 bits per heavy atom. The molecule has 0 radical (unpaired) electrons. The van der Waals surface area contributed by atoms with Crippen molar-refractivity contribution in [2.45, 2.75) is 28.9 Å². The molecular weight excluding hydrogens is 406 g/mol. The molecule has 0 saturated heterocycles. The molecule has 0 spiro atoms. The van der Waals surface area contributed by atoms with Crippen molar-refractivity contribution in [3.63, 3.8) is 0 Å². The highest BCUT2D eigenvalue weighted by Gasteiger charge is 2.50. The highest BCUT2D eigenvalue weighted by atomic mass is 35.5. The Morgan fingerprint density at radius 1 is 1.19 bits per heavy atom. The lowest BCUT2D eigenvalue weighted by molar-refractivity contribution is -0.0977. The maximum absolute atomic E-state index is 13.9. The molecule has 1 unspecified atom stereocenters. The molecule has 26 heavy (non-hydrogen) atoms. The molecular formula is C16H9ClF6O2S. The van der Waals surface area contributed by atoms with Gasteiger partial charge in [0.05, 0.1) is 5.02 Å². The minimum atomic E-state index is -4.71. The average Bonchev–Trinajstić information content (AvgIpc) is 2.75. The summed E-state index contributed by atoms with van der Waals surface area (Å²) in [5.74, 6) is -4.50. The molecule has 0 bridgehead atoms. The SMILES string of the molecule is OC1c2c(SC(F)(F)F)ccc(Oc3ccc(F)c(Cl)c3)c2CC1(F)F. The number of thioether (sulfide) groups is 1. The van der Waals surface area contributed by atoms with Crippen LogP contribution in [0.4, 0.5) is 26.3 Å². The van der Waals surface area contributed by atoms with Crippen molar-refractivity contribution in [3.8, 4) is 11.5 Å². The maximum atomic E-state index is 13.9. The average molecular weight is 415 g/mol. The second-order valence-corrected chi connectivity index (χ2v) is 7.03. The molecule has 1 aliphatic rings. The quantitative estimate of drug-likeness (QED) is 0.485. The van der Waals surface area contributed by atoms with Crippen LogP contribution < -0.4 is 4.74 Å². The summed E-state index contributed by atoms with van der Waals surface area (Å²) in [7, 11) is 0. The van der Waals surface area contributed by atoms with Gasteiger partial charge in [0, 0.05) is 28.5 Å². The van der Waals surface area contributed by atoms with Crippen LogP contribution in [0, 0.1) is 5.82 Å². The van der Waals surface area contributed by atoms with Gasteiger partial charge in [-0.2, -0.15) is 13.2 Å². The molecule has 0 amide bonds. The van der Waals surface area contributed by atoms with E-state index in [9.17, 15) is 31.4 Å². The molecule has 2 aromatic rings. The first-order valence-corrected chi connectivity index (χ1v) is 8.28. The van der Waals surface area contributed by atoms with Crippen LogP contribution in [0.5, 0.6) is 11.5 Å². The molecule has 2 nitrogen and oxygen atoms in total. The highest BCUT2D eigenvalue weighted by Crippen LogP contribution is 2.52. The van der Waals surface area contributed by atoms with Gasteiger partial charge in [0.2, 0.25) is 0 Å². The molecule has 0 aromatic heterocycles. The zero-order valence-corrected chi connectivity index (χ0v) is 14.2. The first-order valence-electron chi connectivity index (χ1n) is 7.08. The second kappa shape index (κ2) is 6.54. The van der Waals surface area contributed by atoms with Crippen LogP contribution in [0.2, 0.25) is 5.02 Å². The summed E-state index contributed by atoms with van der Waals surface area (Å²) in [6, 6.07) is 5.33. The van der Waals surface area contributed by atoms with Crippen molar-refractivity contribution in [1.29, 1.82) is 0 Å². The number of hydrogen-bond donors (Lipinski definition) is 1. The Bertz CT molecular complexity index is 855. The van der Waals surface area contributed by atoms with E-state index in [4.69, 9.17) is 16.3 Å². The van der Waals surface area contributed by atoms with E-state index in [0.717, 1.165) is 24.3 Å². The molecule has 1 N–H and O–H groups in total. The monoisotopic (exact) mass is 414 g/mol. The van der Waals surface area contributed by atoms with Crippen molar-refractivity contribution in [3.05, 3.63) is 52.3 Å². The van der Waals surface area contributed by atoms with Gasteiger partial charge >= 0.3 is 5.51 Å². The number of aliphatic hydroxyl groups excluding tert-OH is 1. The number of rotatable bonds is 3. The Kier molecular flexibility index (Phi) is 4.83. The van der Waals surface area contributed by atoms with E-state index in [2.05, 4.69) is 0 Å². The molecule has 140 valence electrons. The Morgan fingerprint density at radius 2 is 1.88 bits per heavy atom. The van der Waals surface area contributed by atoms with Crippen LogP contribution in [-0.2, 0) is 6.42 Å². The van der Waals surface area contributed by atoms with Gasteiger partial charge in [-0.25, -0.2) is 13.2 Å². The Hall–Kier alpha value is -1.58. The predicted molar refractivity (Wildman–Crippen MR) is 83.4 cm³/mol. The summed E-state index contributed by atoms with van der Waals surface area (Å²) in [4.78, 5) is -0.526. The van der Waals surface area contributed by atoms with E-state index < -0.39 is 52.0 Å². The zero-order valence-electron chi connectivity index (χ0n) is 12.6. The summed E-state index contributed by atoms with van der Waals surface area (Å²) in [5, 5.41) is 9.53. The van der Waals surface area contributed by atoms with Gasteiger partial charge in [0.15, 0.2) is 0 Å². The molecule has 0 fully saturated rings. The van der Waals surface area contributed by atoms with Crippen molar-refractivity contribution in [2.24, 2.45) is 0 Å². The minimum Gasteiger partial charge on any atom is -0.457 e. The third-order valence-electron chi connectivity index (χ3n) is 3.70. The Balaban J connectivity index is 2.04. The number of alkyl halides is 5. The number of fused-ring (bicyclic) bond motifs is 1. The third-order valence-corrected chi connectivity index (χ3v) is 4.80. The smallest absolute Gasteiger partial charge is 0.446 e. The van der Waals surface area contributed by atoms with Crippen LogP contribution in [0.3, 0.4) is 0 Å². The topological polar surface area (TPSA) is 29.5 Å². The molecule has 0 heterocycles. The fourth-order valence-corrected chi connectivity index (χ4v) is 3.53. The summed E-state index contributed by atoms with van der Waals surface area (Å²) in [6.07, 6.45) is -3.37. The second-order valence-electron chi connectivity index (χ2n) is 5.52. The number of halogens is 7. The minimum absolute atomic E-state index is 0.0135. The predicted octanol–water partition coefficient (Wildman–Crippen LogP) is 6.11. The van der Waals surface area contributed by atoms with Gasteiger partial charge < -0.3 is 9.84 Å². The normalized spacial score (nSPS) is 18.7. The third kappa shape index (κ3) is 3.74. The van der Waals surface area contributed by atoms with E-state index in [1.165, 1.54) is 6.07 Å². The van der Waals surface area contributed by atoms with Crippen LogP contribution >= 0.6 is 23.4 Å². The van der Waals surface area contributed by atoms with E-state index >= 15 is 0 Å². The molecule has 0 saturated carbocycles. The summed E-state index contributed by atoms with van der Waals surface area (Å²) < 4.78 is 84.4. The van der Waals surface area contributed by atoms with Crippen LogP contribution in [0.1, 0.15) is 17.2 Å². The zero-order chi connectivity index (χ0) is 19.3. The standard InChI is InChI=1S/C16H9ClF6O2S/c17-9-5-7(1-2-10(9)18)25-11-3-4-12(26-16(21,22)23)13-8(11)6-15(19,20)14(13)24/h1-5,14,24H,6H2. The number of aliphatic hydroxyl groups is 1. The van der Waals surface area contributed by atoms with E-state index in [1.807, 2.05) is 0 Å². The van der Waals surface area contributed by atoms with Crippen molar-refractivity contribution in [1.82, 2.24) is 0 Å². The van der Waals surface area contributed by atoms with Gasteiger partial charge in [0.25, 0.3) is 5.92 Å². The van der Waals surface area contributed by atoms with Gasteiger partial charge in [-0.15, -0.1) is 0 Å². The van der Waals surface area contributed by atoms with Gasteiger partial charge in [-0.05, 0) is 36.0 Å². The Labute approximate surface area is 152 Å². The van der Waals surface area contributed by atoms with E-state index in [1.54, 1.807) is 0 Å². The van der Waals surface area contributed by atoms with Crippen LogP contribution in [-0.4, -0.2) is 16.5 Å². The molecule has 0 aliphatic heterocycles. The largest absolute Gasteiger partial charge is 0.457 e. The van der Waals surface area contributed by atoms with Crippen molar-refractivity contribution in [2.75, 3.05) is 0 Å². The van der Waals surface area contributed by atoms with Gasteiger partial charge in [0.1, 0.15) is 23.4 Å². The van der Waals surface area contributed by atoms with E-state index in [-0.39, 0.29) is 22.1 Å². The molecule has 10 heteroatoms. The van der Waals surface area contributed by atoms with Gasteiger partial charge in [-0.1, -0.05) is 11.6 Å². The lowest BCUT2D eigenvalue weighted by atomic mass is 10.1. The summed E-state index contributed by atoms with van der Waals surface area (Å²) >= 11 is 5.03. The maximum Gasteiger partial charge on any atom is 0.446 e. The highest BCUT2D eigenvalue weighted by molar-refractivity contribution is 8.00. The fourth-order valence-electron chi connectivity index (χ4n) is 2.63. The number of hydrogen-bond acceptors (Lipinski definition) is 3. The lowest BCUT2D eigenvalue weighted by Crippen LogP contribution is -2.21.